The molecular weight excluding hydrogens is 236 g/mol. The van der Waals surface area contributed by atoms with Crippen molar-refractivity contribution in [2.45, 2.75) is 38.1 Å². The lowest BCUT2D eigenvalue weighted by atomic mass is 10.0. The van der Waals surface area contributed by atoms with Crippen LogP contribution < -0.4 is 11.3 Å². The van der Waals surface area contributed by atoms with Gasteiger partial charge in [-0.1, -0.05) is 30.7 Å². The molecule has 0 fully saturated rings. The Kier molecular flexibility index (Phi) is 3.67. The highest BCUT2D eigenvalue weighted by Gasteiger charge is 2.20. The second-order valence-corrected chi connectivity index (χ2v) is 5.16. The number of rotatable bonds is 3. The van der Waals surface area contributed by atoms with Crippen molar-refractivity contribution in [3.8, 4) is 0 Å². The highest BCUT2D eigenvalue weighted by atomic mass is 16.3. The number of hydrogen-bond donors (Lipinski definition) is 2. The number of hydrogen-bond acceptors (Lipinski definition) is 3. The fraction of sp³-hybridized carbons (Fsp3) is 0.375. The van der Waals surface area contributed by atoms with E-state index in [1.54, 1.807) is 0 Å². The molecule has 1 aliphatic rings. The van der Waals surface area contributed by atoms with Crippen LogP contribution in [0.2, 0.25) is 0 Å². The number of furan rings is 1. The van der Waals surface area contributed by atoms with E-state index in [0.717, 1.165) is 29.6 Å². The molecule has 1 atom stereocenters. The first-order chi connectivity index (χ1) is 9.38. The summed E-state index contributed by atoms with van der Waals surface area (Å²) in [6, 6.07) is 10.2. The van der Waals surface area contributed by atoms with Gasteiger partial charge in [-0.3, -0.25) is 5.84 Å². The summed E-state index contributed by atoms with van der Waals surface area (Å²) in [5, 5.41) is 1.13. The van der Waals surface area contributed by atoms with Crippen molar-refractivity contribution >= 4 is 11.0 Å². The van der Waals surface area contributed by atoms with Crippen molar-refractivity contribution in [3.05, 3.63) is 47.7 Å². The Morgan fingerprint density at radius 1 is 1.16 bits per heavy atom. The molecular formula is C16H20N2O. The Labute approximate surface area is 113 Å². The Balaban J connectivity index is 1.94. The maximum absolute atomic E-state index is 5.93. The van der Waals surface area contributed by atoms with Gasteiger partial charge in [-0.15, -0.1) is 0 Å². The Morgan fingerprint density at radius 3 is 2.89 bits per heavy atom. The zero-order chi connectivity index (χ0) is 13.1. The molecule has 0 aliphatic heterocycles. The lowest BCUT2D eigenvalue weighted by Gasteiger charge is -2.16. The van der Waals surface area contributed by atoms with Gasteiger partial charge in [-0.25, -0.2) is 5.43 Å². The smallest absolute Gasteiger partial charge is 0.134 e. The maximum atomic E-state index is 5.93. The highest BCUT2D eigenvalue weighted by Crippen LogP contribution is 2.31. The van der Waals surface area contributed by atoms with Gasteiger partial charge in [-0.2, -0.15) is 0 Å². The molecule has 3 N–H and O–H groups in total. The fourth-order valence-corrected chi connectivity index (χ4v) is 2.82. The van der Waals surface area contributed by atoms with E-state index in [-0.39, 0.29) is 6.04 Å². The molecule has 1 aromatic carbocycles. The molecule has 0 saturated carbocycles. The number of fused-ring (bicyclic) bond motifs is 1. The minimum Gasteiger partial charge on any atom is -0.459 e. The number of benzene rings is 1. The van der Waals surface area contributed by atoms with Crippen LogP contribution in [0.4, 0.5) is 0 Å². The predicted octanol–water partition coefficient (Wildman–Crippen LogP) is 3.83. The zero-order valence-corrected chi connectivity index (χ0v) is 11.1. The third-order valence-electron chi connectivity index (χ3n) is 3.84. The molecule has 2 aromatic rings. The molecule has 0 spiro atoms. The van der Waals surface area contributed by atoms with E-state index in [9.17, 15) is 0 Å². The van der Waals surface area contributed by atoms with Crippen molar-refractivity contribution in [3.63, 3.8) is 0 Å². The van der Waals surface area contributed by atoms with Gasteiger partial charge in [0.05, 0.1) is 6.04 Å². The van der Waals surface area contributed by atoms with E-state index in [1.807, 2.05) is 18.2 Å². The zero-order valence-electron chi connectivity index (χ0n) is 11.1. The van der Waals surface area contributed by atoms with E-state index < -0.39 is 0 Å². The molecule has 1 heterocycles. The number of para-hydroxylation sites is 1. The first kappa shape index (κ1) is 12.5. The van der Waals surface area contributed by atoms with Crippen molar-refractivity contribution in [1.82, 2.24) is 5.43 Å². The quantitative estimate of drug-likeness (QED) is 0.498. The van der Waals surface area contributed by atoms with Crippen molar-refractivity contribution in [2.75, 3.05) is 0 Å². The molecule has 3 heteroatoms. The van der Waals surface area contributed by atoms with Gasteiger partial charge in [0.2, 0.25) is 0 Å². The average molecular weight is 256 g/mol. The normalized spacial score (nSPS) is 18.1. The first-order valence-electron chi connectivity index (χ1n) is 7.02. The molecule has 0 bridgehead atoms. The summed E-state index contributed by atoms with van der Waals surface area (Å²) >= 11 is 0. The van der Waals surface area contributed by atoms with E-state index in [4.69, 9.17) is 10.3 Å². The summed E-state index contributed by atoms with van der Waals surface area (Å²) in [7, 11) is 0. The maximum Gasteiger partial charge on any atom is 0.134 e. The van der Waals surface area contributed by atoms with E-state index in [1.165, 1.54) is 24.8 Å². The molecule has 1 aromatic heterocycles. The van der Waals surface area contributed by atoms with Gasteiger partial charge < -0.3 is 4.42 Å². The van der Waals surface area contributed by atoms with E-state index in [0.29, 0.717) is 0 Å². The molecule has 0 saturated heterocycles. The van der Waals surface area contributed by atoms with Crippen LogP contribution in [0.15, 0.2) is 46.4 Å². The summed E-state index contributed by atoms with van der Waals surface area (Å²) in [6.07, 6.45) is 8.40. The number of nitrogens with two attached hydrogens (primary N) is 1. The fourth-order valence-electron chi connectivity index (χ4n) is 2.82. The third-order valence-corrected chi connectivity index (χ3v) is 3.84. The standard InChI is InChI=1S/C16H20N2O/c17-18-16(12-7-3-1-2-4-8-12)15-11-13-9-5-6-10-14(13)19-15/h5-7,9-11,16,18H,1-4,8,17H2. The molecule has 100 valence electrons. The molecule has 0 radical (unpaired) electrons. The van der Waals surface area contributed by atoms with E-state index in [2.05, 4.69) is 23.6 Å². The SMILES string of the molecule is NNC(C1=CCCCCC1)c1cc2ccccc2o1. The van der Waals surface area contributed by atoms with Crippen molar-refractivity contribution in [1.29, 1.82) is 0 Å². The van der Waals surface area contributed by atoms with Gasteiger partial charge in [0.1, 0.15) is 11.3 Å². The van der Waals surface area contributed by atoms with Crippen LogP contribution in [0, 0.1) is 0 Å². The van der Waals surface area contributed by atoms with Gasteiger partial charge >= 0.3 is 0 Å². The number of allylic oxidation sites excluding steroid dienone is 1. The lowest BCUT2D eigenvalue weighted by Crippen LogP contribution is -2.29. The van der Waals surface area contributed by atoms with Gasteiger partial charge in [0, 0.05) is 5.39 Å². The van der Waals surface area contributed by atoms with Crippen LogP contribution in [0.25, 0.3) is 11.0 Å². The third kappa shape index (κ3) is 2.57. The Hall–Kier alpha value is -1.58. The van der Waals surface area contributed by atoms with Crippen LogP contribution in [0.1, 0.15) is 43.9 Å². The second kappa shape index (κ2) is 5.59. The van der Waals surface area contributed by atoms with Gasteiger partial charge in [-0.05, 0) is 43.4 Å². The van der Waals surface area contributed by atoms with Gasteiger partial charge in [0.15, 0.2) is 0 Å². The van der Waals surface area contributed by atoms with Crippen LogP contribution in [-0.4, -0.2) is 0 Å². The minimum absolute atomic E-state index is 0.00509. The van der Waals surface area contributed by atoms with Crippen molar-refractivity contribution in [2.24, 2.45) is 5.84 Å². The predicted molar refractivity (Wildman–Crippen MR) is 77.4 cm³/mol. The minimum atomic E-state index is 0.00509. The molecule has 1 unspecified atom stereocenters. The molecule has 0 amide bonds. The number of hydrazine groups is 1. The van der Waals surface area contributed by atoms with Crippen LogP contribution in [-0.2, 0) is 0 Å². The first-order valence-corrected chi connectivity index (χ1v) is 7.02. The lowest BCUT2D eigenvalue weighted by molar-refractivity contribution is 0.463. The largest absolute Gasteiger partial charge is 0.459 e. The Bertz CT molecular complexity index is 552. The topological polar surface area (TPSA) is 51.2 Å². The summed E-state index contributed by atoms with van der Waals surface area (Å²) in [4.78, 5) is 0. The van der Waals surface area contributed by atoms with Crippen molar-refractivity contribution < 1.29 is 4.42 Å². The van der Waals surface area contributed by atoms with Crippen LogP contribution >= 0.6 is 0 Å². The van der Waals surface area contributed by atoms with E-state index >= 15 is 0 Å². The summed E-state index contributed by atoms with van der Waals surface area (Å²) in [5.41, 5.74) is 5.20. The summed E-state index contributed by atoms with van der Waals surface area (Å²) in [5.74, 6) is 6.67. The van der Waals surface area contributed by atoms with Crippen LogP contribution in [0.3, 0.4) is 0 Å². The monoisotopic (exact) mass is 256 g/mol. The summed E-state index contributed by atoms with van der Waals surface area (Å²) < 4.78 is 5.93. The molecule has 3 nitrogen and oxygen atoms in total. The second-order valence-electron chi connectivity index (χ2n) is 5.16. The molecule has 1 aliphatic carbocycles. The molecule has 19 heavy (non-hydrogen) atoms. The van der Waals surface area contributed by atoms with Crippen LogP contribution in [0.5, 0.6) is 0 Å². The average Bonchev–Trinajstić information content (AvgIpc) is 2.67. The summed E-state index contributed by atoms with van der Waals surface area (Å²) in [6.45, 7) is 0. The molecule has 3 rings (SSSR count). The number of nitrogens with one attached hydrogen (secondary N) is 1. The van der Waals surface area contributed by atoms with Gasteiger partial charge in [0.25, 0.3) is 0 Å². The Morgan fingerprint density at radius 2 is 2.05 bits per heavy atom. The highest BCUT2D eigenvalue weighted by molar-refractivity contribution is 5.77.